The maximum atomic E-state index is 13.1. The van der Waals surface area contributed by atoms with Crippen LogP contribution < -0.4 is 5.56 Å². The molecular weight excluding hydrogens is 382 g/mol. The minimum atomic E-state index is -0.473. The standard InChI is InChI=1S/C22H17N5O3/c1-15-7-11-17(12-8-15)23-24-21-20(16-9-13-19(14-10-16)27(29)30)25-26(22(21)28)18-5-3-2-4-6-18/h2-14,25H,1H3. The van der Waals surface area contributed by atoms with E-state index in [4.69, 9.17) is 0 Å². The Hall–Kier alpha value is -4.33. The lowest BCUT2D eigenvalue weighted by Crippen LogP contribution is -2.13. The van der Waals surface area contributed by atoms with E-state index in [0.717, 1.165) is 5.56 Å². The van der Waals surface area contributed by atoms with Gasteiger partial charge in [-0.25, -0.2) is 4.68 Å². The molecule has 0 bridgehead atoms. The molecule has 0 unspecified atom stereocenters. The zero-order valence-electron chi connectivity index (χ0n) is 16.0. The van der Waals surface area contributed by atoms with Gasteiger partial charge in [-0.15, -0.1) is 5.11 Å². The summed E-state index contributed by atoms with van der Waals surface area (Å²) in [5.74, 6) is 0. The lowest BCUT2D eigenvalue weighted by molar-refractivity contribution is -0.384. The Kier molecular flexibility index (Phi) is 5.04. The van der Waals surface area contributed by atoms with E-state index < -0.39 is 4.92 Å². The van der Waals surface area contributed by atoms with Gasteiger partial charge in [0.1, 0.15) is 0 Å². The van der Waals surface area contributed by atoms with Crippen LogP contribution in [0.15, 0.2) is 93.9 Å². The number of para-hydroxylation sites is 1. The number of non-ortho nitro benzene ring substituents is 1. The number of benzene rings is 3. The molecule has 30 heavy (non-hydrogen) atoms. The van der Waals surface area contributed by atoms with Gasteiger partial charge < -0.3 is 0 Å². The van der Waals surface area contributed by atoms with Crippen molar-refractivity contribution in [1.82, 2.24) is 9.78 Å². The van der Waals surface area contributed by atoms with Crippen molar-refractivity contribution >= 4 is 17.1 Å². The summed E-state index contributed by atoms with van der Waals surface area (Å²) in [7, 11) is 0. The third-order valence-corrected chi connectivity index (χ3v) is 4.55. The van der Waals surface area contributed by atoms with Crippen LogP contribution in [0.4, 0.5) is 17.1 Å². The van der Waals surface area contributed by atoms with Crippen molar-refractivity contribution < 1.29 is 4.92 Å². The van der Waals surface area contributed by atoms with Crippen molar-refractivity contribution in [3.63, 3.8) is 0 Å². The summed E-state index contributed by atoms with van der Waals surface area (Å²) in [5, 5.41) is 22.4. The molecule has 1 aromatic heterocycles. The van der Waals surface area contributed by atoms with Gasteiger partial charge in [-0.05, 0) is 43.3 Å². The monoisotopic (exact) mass is 399 g/mol. The Morgan fingerprint density at radius 2 is 1.57 bits per heavy atom. The van der Waals surface area contributed by atoms with Gasteiger partial charge in [0.2, 0.25) is 0 Å². The van der Waals surface area contributed by atoms with Crippen LogP contribution in [0.1, 0.15) is 5.56 Å². The normalized spacial score (nSPS) is 11.1. The number of rotatable bonds is 5. The van der Waals surface area contributed by atoms with E-state index in [0.29, 0.717) is 22.6 Å². The second-order valence-corrected chi connectivity index (χ2v) is 6.65. The molecule has 0 saturated carbocycles. The second kappa shape index (κ2) is 7.96. The predicted molar refractivity (Wildman–Crippen MR) is 114 cm³/mol. The maximum Gasteiger partial charge on any atom is 0.299 e. The number of nitro benzene ring substituents is 1. The maximum absolute atomic E-state index is 13.1. The SMILES string of the molecule is Cc1ccc(N=Nc2c(-c3ccc([N+](=O)[O-])cc3)[nH]n(-c3ccccc3)c2=O)cc1. The van der Waals surface area contributed by atoms with Crippen LogP contribution in [0.25, 0.3) is 16.9 Å². The number of aromatic amines is 1. The van der Waals surface area contributed by atoms with Crippen molar-refractivity contribution in [2.45, 2.75) is 6.92 Å². The predicted octanol–water partition coefficient (Wildman–Crippen LogP) is 5.46. The fourth-order valence-electron chi connectivity index (χ4n) is 2.95. The summed E-state index contributed by atoms with van der Waals surface area (Å²) in [6.45, 7) is 1.97. The van der Waals surface area contributed by atoms with Gasteiger partial charge >= 0.3 is 0 Å². The summed E-state index contributed by atoms with van der Waals surface area (Å²) < 4.78 is 1.38. The first-order chi connectivity index (χ1) is 14.5. The van der Waals surface area contributed by atoms with Crippen LogP contribution in [-0.2, 0) is 0 Å². The van der Waals surface area contributed by atoms with E-state index in [-0.39, 0.29) is 16.9 Å². The Morgan fingerprint density at radius 3 is 2.20 bits per heavy atom. The number of azo groups is 1. The number of nitrogens with one attached hydrogen (secondary N) is 1. The highest BCUT2D eigenvalue weighted by Gasteiger charge is 2.18. The molecule has 148 valence electrons. The van der Waals surface area contributed by atoms with Gasteiger partial charge in [0, 0.05) is 17.7 Å². The lowest BCUT2D eigenvalue weighted by Gasteiger charge is -2.01. The average Bonchev–Trinajstić information content (AvgIpc) is 3.10. The molecule has 1 heterocycles. The smallest absolute Gasteiger partial charge is 0.288 e. The fraction of sp³-hybridized carbons (Fsp3) is 0.0455. The van der Waals surface area contributed by atoms with Crippen LogP contribution in [0.3, 0.4) is 0 Å². The summed E-state index contributed by atoms with van der Waals surface area (Å²) in [5.41, 5.74) is 3.07. The molecule has 0 spiro atoms. The Morgan fingerprint density at radius 1 is 0.900 bits per heavy atom. The van der Waals surface area contributed by atoms with E-state index in [1.165, 1.54) is 16.8 Å². The van der Waals surface area contributed by atoms with Gasteiger partial charge in [-0.2, -0.15) is 5.11 Å². The van der Waals surface area contributed by atoms with E-state index >= 15 is 0 Å². The highest BCUT2D eigenvalue weighted by molar-refractivity contribution is 5.72. The molecule has 0 aliphatic rings. The molecule has 1 N–H and O–H groups in total. The Labute approximate surface area is 171 Å². The molecular formula is C22H17N5O3. The largest absolute Gasteiger partial charge is 0.299 e. The Balaban J connectivity index is 1.84. The summed E-state index contributed by atoms with van der Waals surface area (Å²) in [4.78, 5) is 23.6. The quantitative estimate of drug-likeness (QED) is 0.273. The minimum absolute atomic E-state index is 0.0357. The van der Waals surface area contributed by atoms with Crippen LogP contribution >= 0.6 is 0 Å². The first kappa shape index (κ1) is 19.0. The van der Waals surface area contributed by atoms with Crippen LogP contribution in [0.2, 0.25) is 0 Å². The van der Waals surface area contributed by atoms with Crippen molar-refractivity contribution in [3.8, 4) is 16.9 Å². The molecule has 4 aromatic rings. The lowest BCUT2D eigenvalue weighted by atomic mass is 10.1. The number of hydrogen-bond donors (Lipinski definition) is 1. The van der Waals surface area contributed by atoms with Crippen LogP contribution in [0.5, 0.6) is 0 Å². The molecule has 4 rings (SSSR count). The Bertz CT molecular complexity index is 1270. The molecule has 3 aromatic carbocycles. The van der Waals surface area contributed by atoms with Gasteiger partial charge in [-0.3, -0.25) is 20.0 Å². The van der Waals surface area contributed by atoms with Gasteiger partial charge in [0.15, 0.2) is 5.69 Å². The molecule has 0 radical (unpaired) electrons. The van der Waals surface area contributed by atoms with Gasteiger partial charge in [0.25, 0.3) is 11.2 Å². The number of H-pyrrole nitrogens is 1. The fourth-order valence-corrected chi connectivity index (χ4v) is 2.95. The molecule has 8 heteroatoms. The van der Waals surface area contributed by atoms with Crippen molar-refractivity contribution in [2.75, 3.05) is 0 Å². The first-order valence-corrected chi connectivity index (χ1v) is 9.16. The number of aromatic nitrogens is 2. The highest BCUT2D eigenvalue weighted by atomic mass is 16.6. The number of nitro groups is 1. The number of aryl methyl sites for hydroxylation is 1. The first-order valence-electron chi connectivity index (χ1n) is 9.16. The van der Waals surface area contributed by atoms with E-state index in [1.54, 1.807) is 24.3 Å². The zero-order chi connectivity index (χ0) is 21.1. The van der Waals surface area contributed by atoms with Crippen molar-refractivity contribution in [2.24, 2.45) is 10.2 Å². The van der Waals surface area contributed by atoms with E-state index in [1.807, 2.05) is 49.4 Å². The summed E-state index contributed by atoms with van der Waals surface area (Å²) in [6.07, 6.45) is 0. The topological polar surface area (TPSA) is 106 Å². The number of hydrogen-bond acceptors (Lipinski definition) is 5. The average molecular weight is 399 g/mol. The number of nitrogens with zero attached hydrogens (tertiary/aromatic N) is 4. The van der Waals surface area contributed by atoms with Crippen LogP contribution in [0, 0.1) is 17.0 Å². The van der Waals surface area contributed by atoms with Crippen molar-refractivity contribution in [3.05, 3.63) is 105 Å². The van der Waals surface area contributed by atoms with E-state index in [2.05, 4.69) is 15.3 Å². The minimum Gasteiger partial charge on any atom is -0.288 e. The van der Waals surface area contributed by atoms with Crippen molar-refractivity contribution in [1.29, 1.82) is 0 Å². The molecule has 0 saturated heterocycles. The molecule has 0 aliphatic carbocycles. The summed E-state index contributed by atoms with van der Waals surface area (Å²) >= 11 is 0. The van der Waals surface area contributed by atoms with E-state index in [9.17, 15) is 14.9 Å². The van der Waals surface area contributed by atoms with Crippen LogP contribution in [-0.4, -0.2) is 14.7 Å². The molecule has 0 atom stereocenters. The molecule has 0 aliphatic heterocycles. The molecule has 0 amide bonds. The van der Waals surface area contributed by atoms with Gasteiger partial charge in [-0.1, -0.05) is 35.9 Å². The highest BCUT2D eigenvalue weighted by Crippen LogP contribution is 2.29. The molecule has 8 nitrogen and oxygen atoms in total. The third kappa shape index (κ3) is 3.79. The zero-order valence-corrected chi connectivity index (χ0v) is 16.0. The summed E-state index contributed by atoms with van der Waals surface area (Å²) in [6, 6.07) is 22.4. The third-order valence-electron chi connectivity index (χ3n) is 4.55. The molecule has 0 fully saturated rings. The second-order valence-electron chi connectivity index (χ2n) is 6.65. The van der Waals surface area contributed by atoms with Gasteiger partial charge in [0.05, 0.1) is 22.0 Å².